The summed E-state index contributed by atoms with van der Waals surface area (Å²) in [6, 6.07) is 10.0. The quantitative estimate of drug-likeness (QED) is 0.774. The molecule has 0 saturated heterocycles. The molecule has 0 radical (unpaired) electrons. The van der Waals surface area contributed by atoms with Crippen LogP contribution in [0.15, 0.2) is 55.2 Å². The second-order valence-electron chi connectivity index (χ2n) is 4.47. The lowest BCUT2D eigenvalue weighted by Crippen LogP contribution is -2.14. The minimum atomic E-state index is -0.105. The normalized spacial score (nSPS) is 12.5. The third-order valence-electron chi connectivity index (χ3n) is 3.19. The molecule has 0 aliphatic heterocycles. The Bertz CT molecular complexity index is 677. The van der Waals surface area contributed by atoms with Crippen molar-refractivity contribution in [1.29, 1.82) is 0 Å². The van der Waals surface area contributed by atoms with Crippen molar-refractivity contribution >= 4 is 10.9 Å². The molecule has 0 aliphatic carbocycles. The maximum Gasteiger partial charge on any atom is 0.115 e. The van der Waals surface area contributed by atoms with Crippen molar-refractivity contribution in [3.63, 3.8) is 0 Å². The zero-order valence-corrected chi connectivity index (χ0v) is 10.4. The predicted molar refractivity (Wildman–Crippen MR) is 74.4 cm³/mol. The molecule has 2 heterocycles. The lowest BCUT2D eigenvalue weighted by molar-refractivity contribution is 0.715. The fourth-order valence-corrected chi connectivity index (χ4v) is 2.19. The van der Waals surface area contributed by atoms with Gasteiger partial charge in [0, 0.05) is 35.6 Å². The number of aromatic nitrogens is 3. The first-order chi connectivity index (χ1) is 9.34. The van der Waals surface area contributed by atoms with Crippen molar-refractivity contribution in [2.45, 2.75) is 12.5 Å². The van der Waals surface area contributed by atoms with Gasteiger partial charge >= 0.3 is 0 Å². The van der Waals surface area contributed by atoms with E-state index in [0.29, 0.717) is 0 Å². The third kappa shape index (κ3) is 2.44. The van der Waals surface area contributed by atoms with Crippen LogP contribution in [0, 0.1) is 0 Å². The molecule has 94 valence electrons. The number of rotatable bonds is 3. The summed E-state index contributed by atoms with van der Waals surface area (Å²) < 4.78 is 0. The van der Waals surface area contributed by atoms with Crippen LogP contribution in [0.3, 0.4) is 0 Å². The zero-order valence-electron chi connectivity index (χ0n) is 10.4. The van der Waals surface area contributed by atoms with Gasteiger partial charge in [0.1, 0.15) is 6.33 Å². The average Bonchev–Trinajstić information content (AvgIpc) is 2.48. The largest absolute Gasteiger partial charge is 0.324 e. The van der Waals surface area contributed by atoms with Crippen LogP contribution in [0.1, 0.15) is 17.2 Å². The first-order valence-electron chi connectivity index (χ1n) is 6.18. The predicted octanol–water partition coefficient (Wildman–Crippen LogP) is 2.27. The number of benzene rings is 1. The van der Waals surface area contributed by atoms with Gasteiger partial charge in [0.05, 0.1) is 5.52 Å². The second-order valence-corrected chi connectivity index (χ2v) is 4.47. The summed E-state index contributed by atoms with van der Waals surface area (Å²) in [5, 5.41) is 1.15. The highest BCUT2D eigenvalue weighted by Gasteiger charge is 2.10. The van der Waals surface area contributed by atoms with E-state index >= 15 is 0 Å². The fraction of sp³-hybridized carbons (Fsp3) is 0.133. The monoisotopic (exact) mass is 250 g/mol. The van der Waals surface area contributed by atoms with Crippen LogP contribution < -0.4 is 5.73 Å². The molecule has 1 atom stereocenters. The van der Waals surface area contributed by atoms with Crippen LogP contribution in [-0.4, -0.2) is 15.0 Å². The van der Waals surface area contributed by atoms with E-state index in [4.69, 9.17) is 5.73 Å². The smallest absolute Gasteiger partial charge is 0.115 e. The van der Waals surface area contributed by atoms with Gasteiger partial charge in [0.2, 0.25) is 0 Å². The molecule has 3 aromatic rings. The summed E-state index contributed by atoms with van der Waals surface area (Å²) in [5.41, 5.74) is 9.36. The Hall–Kier alpha value is -2.33. The van der Waals surface area contributed by atoms with E-state index in [1.807, 2.05) is 30.5 Å². The molecular weight excluding hydrogens is 236 g/mol. The first kappa shape index (κ1) is 11.7. The Morgan fingerprint density at radius 2 is 1.84 bits per heavy atom. The van der Waals surface area contributed by atoms with E-state index in [2.05, 4.69) is 21.0 Å². The fourth-order valence-electron chi connectivity index (χ4n) is 2.19. The van der Waals surface area contributed by atoms with Crippen molar-refractivity contribution in [2.75, 3.05) is 0 Å². The SMILES string of the molecule is NC(Cc1ccnc2ccccc12)c1cncnc1. The van der Waals surface area contributed by atoms with Gasteiger partial charge in [-0.05, 0) is 24.1 Å². The Kier molecular flexibility index (Phi) is 3.16. The lowest BCUT2D eigenvalue weighted by Gasteiger charge is -2.12. The Morgan fingerprint density at radius 3 is 2.68 bits per heavy atom. The van der Waals surface area contributed by atoms with Gasteiger partial charge in [-0.3, -0.25) is 4.98 Å². The summed E-state index contributed by atoms with van der Waals surface area (Å²) in [6.07, 6.45) is 7.61. The van der Waals surface area contributed by atoms with Crippen LogP contribution in [0.2, 0.25) is 0 Å². The molecule has 0 bridgehead atoms. The number of fused-ring (bicyclic) bond motifs is 1. The Labute approximate surface area is 111 Å². The maximum absolute atomic E-state index is 6.22. The van der Waals surface area contributed by atoms with E-state index in [9.17, 15) is 0 Å². The van der Waals surface area contributed by atoms with Crippen LogP contribution in [0.4, 0.5) is 0 Å². The summed E-state index contributed by atoms with van der Waals surface area (Å²) in [7, 11) is 0. The number of hydrogen-bond acceptors (Lipinski definition) is 4. The van der Waals surface area contributed by atoms with Crippen molar-refractivity contribution in [2.24, 2.45) is 5.73 Å². The van der Waals surface area contributed by atoms with Crippen molar-refractivity contribution in [3.05, 3.63) is 66.4 Å². The molecule has 4 heteroatoms. The molecule has 1 aromatic carbocycles. The molecule has 2 aromatic heterocycles. The summed E-state index contributed by atoms with van der Waals surface area (Å²) in [5.74, 6) is 0. The van der Waals surface area contributed by atoms with E-state index in [0.717, 1.165) is 22.9 Å². The first-order valence-corrected chi connectivity index (χ1v) is 6.18. The number of nitrogens with two attached hydrogens (primary N) is 1. The minimum Gasteiger partial charge on any atom is -0.324 e. The molecule has 0 amide bonds. The van der Waals surface area contributed by atoms with Crippen molar-refractivity contribution in [1.82, 2.24) is 15.0 Å². The highest BCUT2D eigenvalue weighted by atomic mass is 14.8. The van der Waals surface area contributed by atoms with Gasteiger partial charge in [0.25, 0.3) is 0 Å². The van der Waals surface area contributed by atoms with Crippen molar-refractivity contribution < 1.29 is 0 Å². The highest BCUT2D eigenvalue weighted by Crippen LogP contribution is 2.21. The Morgan fingerprint density at radius 1 is 1.05 bits per heavy atom. The minimum absolute atomic E-state index is 0.105. The van der Waals surface area contributed by atoms with Gasteiger partial charge < -0.3 is 5.73 Å². The van der Waals surface area contributed by atoms with E-state index in [1.54, 1.807) is 12.4 Å². The average molecular weight is 250 g/mol. The number of para-hydroxylation sites is 1. The number of pyridine rings is 1. The molecule has 0 spiro atoms. The molecule has 0 fully saturated rings. The molecular formula is C15H14N4. The molecule has 19 heavy (non-hydrogen) atoms. The lowest BCUT2D eigenvalue weighted by atomic mass is 9.99. The van der Waals surface area contributed by atoms with Gasteiger partial charge in [-0.1, -0.05) is 18.2 Å². The van der Waals surface area contributed by atoms with Gasteiger partial charge in [0.15, 0.2) is 0 Å². The van der Waals surface area contributed by atoms with E-state index in [-0.39, 0.29) is 6.04 Å². The van der Waals surface area contributed by atoms with Crippen LogP contribution in [0.5, 0.6) is 0 Å². The molecule has 0 saturated carbocycles. The van der Waals surface area contributed by atoms with Crippen LogP contribution in [0.25, 0.3) is 10.9 Å². The van der Waals surface area contributed by atoms with Crippen LogP contribution >= 0.6 is 0 Å². The second kappa shape index (κ2) is 5.12. The highest BCUT2D eigenvalue weighted by molar-refractivity contribution is 5.81. The summed E-state index contributed by atoms with van der Waals surface area (Å²) >= 11 is 0. The molecule has 2 N–H and O–H groups in total. The molecule has 4 nitrogen and oxygen atoms in total. The number of hydrogen-bond donors (Lipinski definition) is 1. The summed E-state index contributed by atoms with van der Waals surface area (Å²) in [6.45, 7) is 0. The maximum atomic E-state index is 6.22. The van der Waals surface area contributed by atoms with Gasteiger partial charge in [-0.15, -0.1) is 0 Å². The zero-order chi connectivity index (χ0) is 13.1. The third-order valence-corrected chi connectivity index (χ3v) is 3.19. The molecule has 1 unspecified atom stereocenters. The molecule has 0 aliphatic rings. The molecule has 3 rings (SSSR count). The topological polar surface area (TPSA) is 64.7 Å². The van der Waals surface area contributed by atoms with Gasteiger partial charge in [-0.25, -0.2) is 9.97 Å². The summed E-state index contributed by atoms with van der Waals surface area (Å²) in [4.78, 5) is 12.4. The van der Waals surface area contributed by atoms with E-state index in [1.165, 1.54) is 11.9 Å². The van der Waals surface area contributed by atoms with Gasteiger partial charge in [-0.2, -0.15) is 0 Å². The van der Waals surface area contributed by atoms with Crippen LogP contribution in [-0.2, 0) is 6.42 Å². The van der Waals surface area contributed by atoms with Crippen molar-refractivity contribution in [3.8, 4) is 0 Å². The Balaban J connectivity index is 1.94. The standard InChI is InChI=1S/C15H14N4/c16-14(12-8-17-10-18-9-12)7-11-5-6-19-15-4-2-1-3-13(11)15/h1-6,8-10,14H,7,16H2. The van der Waals surface area contributed by atoms with E-state index < -0.39 is 0 Å². The number of nitrogens with zero attached hydrogens (tertiary/aromatic N) is 3.